The highest BCUT2D eigenvalue weighted by Gasteiger charge is 2.48. The number of carbonyl (C=O) groups excluding carboxylic acids is 3. The summed E-state index contributed by atoms with van der Waals surface area (Å²) in [6.07, 6.45) is 1.89. The van der Waals surface area contributed by atoms with Crippen molar-refractivity contribution in [3.8, 4) is 17.6 Å². The van der Waals surface area contributed by atoms with Crippen LogP contribution >= 0.6 is 0 Å². The Morgan fingerprint density at radius 2 is 2.03 bits per heavy atom. The lowest BCUT2D eigenvalue weighted by molar-refractivity contribution is -0.122. The van der Waals surface area contributed by atoms with Crippen molar-refractivity contribution in [1.82, 2.24) is 25.3 Å². The first-order chi connectivity index (χ1) is 15.8. The molecule has 166 valence electrons. The average molecular weight is 443 g/mol. The number of hydrogen-bond acceptors (Lipinski definition) is 5. The fourth-order valence-electron chi connectivity index (χ4n) is 4.29. The molecule has 0 spiro atoms. The average Bonchev–Trinajstić information content (AvgIpc) is 3.40. The van der Waals surface area contributed by atoms with Crippen LogP contribution in [0.15, 0.2) is 36.5 Å². The maximum absolute atomic E-state index is 13.0. The number of hydrogen-bond donors (Lipinski definition) is 2. The quantitative estimate of drug-likeness (QED) is 0.471. The van der Waals surface area contributed by atoms with Gasteiger partial charge >= 0.3 is 6.03 Å². The van der Waals surface area contributed by atoms with Crippen molar-refractivity contribution in [3.05, 3.63) is 58.8 Å². The standard InChI is InChI=1S/C24H21N5O4/c1-14-8-15(9-17-11-28(2)27-20(14)17)6-7-24(22(31)25-23(32)26-24)13-29-12-16-4-5-18(33-3)10-19(16)21(29)30/h4-5,8-11H,12-13H2,1-3H3,(H2,25,26,31,32)/t24-/m1/s1. The number of urea groups is 1. The smallest absolute Gasteiger partial charge is 0.323 e. The van der Waals surface area contributed by atoms with Crippen molar-refractivity contribution in [2.75, 3.05) is 13.7 Å². The van der Waals surface area contributed by atoms with Crippen molar-refractivity contribution >= 4 is 28.7 Å². The number of nitrogens with zero attached hydrogens (tertiary/aromatic N) is 3. The lowest BCUT2D eigenvalue weighted by Crippen LogP contribution is -2.54. The van der Waals surface area contributed by atoms with Crippen LogP contribution in [-0.2, 0) is 18.4 Å². The Kier molecular flexibility index (Phi) is 4.60. The van der Waals surface area contributed by atoms with Crippen molar-refractivity contribution in [2.24, 2.45) is 7.05 Å². The van der Waals surface area contributed by atoms with E-state index in [1.807, 2.05) is 38.4 Å². The minimum absolute atomic E-state index is 0.0818. The molecule has 1 aromatic heterocycles. The number of carbonyl (C=O) groups is 3. The lowest BCUT2D eigenvalue weighted by Gasteiger charge is -2.26. The summed E-state index contributed by atoms with van der Waals surface area (Å²) in [5.74, 6) is 5.72. The van der Waals surface area contributed by atoms with E-state index in [4.69, 9.17) is 4.74 Å². The summed E-state index contributed by atoms with van der Waals surface area (Å²) in [6.45, 7) is 2.17. The predicted octanol–water partition coefficient (Wildman–Crippen LogP) is 1.48. The molecule has 0 bridgehead atoms. The largest absolute Gasteiger partial charge is 0.497 e. The maximum atomic E-state index is 13.0. The van der Waals surface area contributed by atoms with Crippen molar-refractivity contribution in [3.63, 3.8) is 0 Å². The molecule has 1 atom stereocenters. The van der Waals surface area contributed by atoms with Gasteiger partial charge in [0.2, 0.25) is 5.54 Å². The summed E-state index contributed by atoms with van der Waals surface area (Å²) in [7, 11) is 3.38. The molecule has 2 aromatic carbocycles. The van der Waals surface area contributed by atoms with Crippen LogP contribution in [0.25, 0.3) is 10.9 Å². The number of methoxy groups -OCH3 is 1. The van der Waals surface area contributed by atoms with E-state index in [1.165, 1.54) is 12.0 Å². The summed E-state index contributed by atoms with van der Waals surface area (Å²) in [4.78, 5) is 39.4. The molecule has 3 aromatic rings. The van der Waals surface area contributed by atoms with Gasteiger partial charge in [-0.3, -0.25) is 19.6 Å². The van der Waals surface area contributed by atoms with Gasteiger partial charge in [-0.1, -0.05) is 17.9 Å². The number of aromatic nitrogens is 2. The Morgan fingerprint density at radius 3 is 2.76 bits per heavy atom. The fraction of sp³-hybridized carbons (Fsp3) is 0.250. The molecule has 0 radical (unpaired) electrons. The van der Waals surface area contributed by atoms with Crippen LogP contribution in [0.3, 0.4) is 0 Å². The molecule has 2 aliphatic heterocycles. The van der Waals surface area contributed by atoms with Crippen LogP contribution < -0.4 is 15.4 Å². The summed E-state index contributed by atoms with van der Waals surface area (Å²) in [6, 6.07) is 8.41. The molecule has 2 N–H and O–H groups in total. The number of imide groups is 1. The maximum Gasteiger partial charge on any atom is 0.323 e. The molecule has 0 saturated carbocycles. The van der Waals surface area contributed by atoms with Gasteiger partial charge in [0.15, 0.2) is 0 Å². The third-order valence-corrected chi connectivity index (χ3v) is 5.90. The zero-order valence-electron chi connectivity index (χ0n) is 18.4. The summed E-state index contributed by atoms with van der Waals surface area (Å²) in [5, 5.41) is 10.2. The summed E-state index contributed by atoms with van der Waals surface area (Å²) in [5.41, 5.74) is 2.29. The van der Waals surface area contributed by atoms with E-state index in [9.17, 15) is 14.4 Å². The number of rotatable bonds is 3. The first-order valence-electron chi connectivity index (χ1n) is 10.3. The molecule has 5 rings (SSSR count). The summed E-state index contributed by atoms with van der Waals surface area (Å²) >= 11 is 0. The minimum Gasteiger partial charge on any atom is -0.497 e. The van der Waals surface area contributed by atoms with E-state index in [0.29, 0.717) is 23.4 Å². The van der Waals surface area contributed by atoms with Crippen molar-refractivity contribution < 1.29 is 19.1 Å². The monoisotopic (exact) mass is 443 g/mol. The Hall–Kier alpha value is -4.32. The van der Waals surface area contributed by atoms with Crippen molar-refractivity contribution in [2.45, 2.75) is 19.0 Å². The van der Waals surface area contributed by atoms with Gasteiger partial charge in [0.1, 0.15) is 5.75 Å². The van der Waals surface area contributed by atoms with Crippen LogP contribution in [0, 0.1) is 18.8 Å². The minimum atomic E-state index is -1.56. The first kappa shape index (κ1) is 20.6. The van der Waals surface area contributed by atoms with E-state index in [0.717, 1.165) is 22.0 Å². The van der Waals surface area contributed by atoms with Crippen LogP contribution in [-0.4, -0.2) is 51.7 Å². The van der Waals surface area contributed by atoms with Gasteiger partial charge in [0.05, 0.1) is 19.2 Å². The van der Waals surface area contributed by atoms with E-state index >= 15 is 0 Å². The number of benzene rings is 2. The lowest BCUT2D eigenvalue weighted by atomic mass is 9.98. The molecule has 0 aliphatic carbocycles. The highest BCUT2D eigenvalue weighted by atomic mass is 16.5. The zero-order chi connectivity index (χ0) is 23.3. The molecule has 9 nitrogen and oxygen atoms in total. The number of amides is 4. The van der Waals surface area contributed by atoms with Crippen molar-refractivity contribution in [1.29, 1.82) is 0 Å². The normalized spacial score (nSPS) is 19.2. The molecule has 2 aliphatic rings. The second kappa shape index (κ2) is 7.38. The predicted molar refractivity (Wildman–Crippen MR) is 119 cm³/mol. The Bertz CT molecular complexity index is 1410. The molecule has 1 saturated heterocycles. The van der Waals surface area contributed by atoms with Crippen LogP contribution in [0.5, 0.6) is 5.75 Å². The second-order valence-electron chi connectivity index (χ2n) is 8.28. The van der Waals surface area contributed by atoms with E-state index in [-0.39, 0.29) is 12.5 Å². The molecular weight excluding hydrogens is 422 g/mol. The highest BCUT2D eigenvalue weighted by Crippen LogP contribution is 2.28. The van der Waals surface area contributed by atoms with Gasteiger partial charge in [-0.05, 0) is 42.3 Å². The van der Waals surface area contributed by atoms with E-state index in [2.05, 4.69) is 27.6 Å². The first-order valence-corrected chi connectivity index (χ1v) is 10.3. The number of ether oxygens (including phenoxy) is 1. The van der Waals surface area contributed by atoms with Crippen LogP contribution in [0.2, 0.25) is 0 Å². The number of fused-ring (bicyclic) bond motifs is 2. The summed E-state index contributed by atoms with van der Waals surface area (Å²) < 4.78 is 6.95. The number of aryl methyl sites for hydroxylation is 2. The molecular formula is C24H21N5O4. The van der Waals surface area contributed by atoms with Gasteiger partial charge in [0.25, 0.3) is 11.8 Å². The Labute approximate surface area is 189 Å². The van der Waals surface area contributed by atoms with E-state index in [1.54, 1.807) is 16.8 Å². The van der Waals surface area contributed by atoms with Gasteiger partial charge in [-0.2, -0.15) is 5.10 Å². The van der Waals surface area contributed by atoms with Gasteiger partial charge < -0.3 is 15.0 Å². The van der Waals surface area contributed by atoms with Crippen LogP contribution in [0.1, 0.15) is 27.0 Å². The highest BCUT2D eigenvalue weighted by molar-refractivity contribution is 6.10. The van der Waals surface area contributed by atoms with Gasteiger partial charge in [0, 0.05) is 36.3 Å². The third kappa shape index (κ3) is 3.46. The van der Waals surface area contributed by atoms with Gasteiger partial charge in [-0.15, -0.1) is 0 Å². The molecule has 1 fully saturated rings. The number of nitrogens with one attached hydrogen (secondary N) is 2. The Morgan fingerprint density at radius 1 is 1.21 bits per heavy atom. The van der Waals surface area contributed by atoms with Gasteiger partial charge in [-0.25, -0.2) is 4.79 Å². The third-order valence-electron chi connectivity index (χ3n) is 5.90. The topological polar surface area (TPSA) is 106 Å². The van der Waals surface area contributed by atoms with Crippen LogP contribution in [0.4, 0.5) is 4.79 Å². The second-order valence-corrected chi connectivity index (χ2v) is 8.28. The molecule has 4 amide bonds. The zero-order valence-corrected chi connectivity index (χ0v) is 18.4. The fourth-order valence-corrected chi connectivity index (χ4v) is 4.29. The molecule has 3 heterocycles. The molecule has 33 heavy (non-hydrogen) atoms. The Balaban J connectivity index is 1.49. The van der Waals surface area contributed by atoms with E-state index < -0.39 is 17.5 Å². The SMILES string of the molecule is COc1ccc2c(c1)C(=O)N(C[C@@]1(C#Cc3cc(C)c4nn(C)cc4c3)NC(=O)NC1=O)C2. The molecule has 9 heteroatoms. The molecule has 0 unspecified atom stereocenters.